The summed E-state index contributed by atoms with van der Waals surface area (Å²) in [7, 11) is 4.81. The summed E-state index contributed by atoms with van der Waals surface area (Å²) in [6, 6.07) is 13.2. The molecule has 4 rings (SSSR count). The minimum Gasteiger partial charge on any atom is -0.496 e. The number of likely N-dealkylation sites (tertiary alicyclic amines) is 1. The summed E-state index contributed by atoms with van der Waals surface area (Å²) < 4.78 is 21.5. The van der Waals surface area contributed by atoms with Crippen LogP contribution in [0, 0.1) is 5.92 Å². The highest BCUT2D eigenvalue weighted by molar-refractivity contribution is 5.79. The Bertz CT molecular complexity index is 1120. The molecular formula is C25H30N4O5. The zero-order chi connectivity index (χ0) is 23.9. The summed E-state index contributed by atoms with van der Waals surface area (Å²) >= 11 is 0. The lowest BCUT2D eigenvalue weighted by Gasteiger charge is -2.30. The maximum absolute atomic E-state index is 12.8. The molecule has 1 amide bonds. The van der Waals surface area contributed by atoms with Crippen LogP contribution < -0.4 is 19.5 Å². The van der Waals surface area contributed by atoms with Gasteiger partial charge in [0.2, 0.25) is 17.6 Å². The molecule has 0 spiro atoms. The molecule has 9 heteroatoms. The lowest BCUT2D eigenvalue weighted by molar-refractivity contribution is -0.127. The Morgan fingerprint density at radius 1 is 1.09 bits per heavy atom. The number of carbonyl (C=O) groups excluding carboxylic acids is 1. The van der Waals surface area contributed by atoms with Gasteiger partial charge in [0.15, 0.2) is 11.5 Å². The number of nitrogens with one attached hydrogen (secondary N) is 1. The molecule has 9 nitrogen and oxygen atoms in total. The summed E-state index contributed by atoms with van der Waals surface area (Å²) in [5, 5.41) is 7.17. The number of piperidine rings is 1. The molecule has 0 saturated carbocycles. The molecule has 1 aliphatic rings. The fourth-order valence-corrected chi connectivity index (χ4v) is 4.19. The van der Waals surface area contributed by atoms with E-state index in [9.17, 15) is 4.79 Å². The molecule has 0 bridgehead atoms. The second kappa shape index (κ2) is 11.0. The molecule has 1 aromatic heterocycles. The highest BCUT2D eigenvalue weighted by Crippen LogP contribution is 2.31. The summed E-state index contributed by atoms with van der Waals surface area (Å²) in [4.78, 5) is 19.5. The summed E-state index contributed by atoms with van der Waals surface area (Å²) in [6.45, 7) is 2.46. The van der Waals surface area contributed by atoms with E-state index in [-0.39, 0.29) is 11.8 Å². The highest BCUT2D eigenvalue weighted by atomic mass is 16.5. The van der Waals surface area contributed by atoms with Crippen molar-refractivity contribution in [2.24, 2.45) is 5.92 Å². The SMILES string of the molecule is COc1ccccc1CNC(=O)[C@@H]1CCCN(Cc2nc(-c3ccc(OC)c(OC)c3)no2)C1. The Labute approximate surface area is 199 Å². The largest absolute Gasteiger partial charge is 0.496 e. The predicted octanol–water partition coefficient (Wildman–Crippen LogP) is 3.29. The van der Waals surface area contributed by atoms with Crippen molar-refractivity contribution in [2.45, 2.75) is 25.9 Å². The number of amides is 1. The molecule has 0 unspecified atom stereocenters. The van der Waals surface area contributed by atoms with Crippen molar-refractivity contribution >= 4 is 5.91 Å². The van der Waals surface area contributed by atoms with Crippen LogP contribution >= 0.6 is 0 Å². The van der Waals surface area contributed by atoms with Crippen LogP contribution in [0.2, 0.25) is 0 Å². The molecule has 1 fully saturated rings. The van der Waals surface area contributed by atoms with Crippen LogP contribution in [0.3, 0.4) is 0 Å². The van der Waals surface area contributed by atoms with Crippen LogP contribution in [-0.2, 0) is 17.9 Å². The number of aromatic nitrogens is 2. The van der Waals surface area contributed by atoms with Gasteiger partial charge in [0.1, 0.15) is 5.75 Å². The van der Waals surface area contributed by atoms with E-state index in [4.69, 9.17) is 18.7 Å². The van der Waals surface area contributed by atoms with Crippen LogP contribution in [0.5, 0.6) is 17.2 Å². The molecule has 2 heterocycles. The number of ether oxygens (including phenoxy) is 3. The van der Waals surface area contributed by atoms with Gasteiger partial charge < -0.3 is 24.1 Å². The van der Waals surface area contributed by atoms with E-state index in [0.717, 1.165) is 36.3 Å². The normalized spacial score (nSPS) is 16.1. The molecule has 1 N–H and O–H groups in total. The van der Waals surface area contributed by atoms with Crippen molar-refractivity contribution in [3.63, 3.8) is 0 Å². The van der Waals surface area contributed by atoms with Gasteiger partial charge in [-0.3, -0.25) is 9.69 Å². The van der Waals surface area contributed by atoms with Gasteiger partial charge in [-0.15, -0.1) is 0 Å². The third-order valence-electron chi connectivity index (χ3n) is 5.99. The van der Waals surface area contributed by atoms with Gasteiger partial charge in [-0.05, 0) is 43.7 Å². The van der Waals surface area contributed by atoms with E-state index < -0.39 is 0 Å². The Kier molecular flexibility index (Phi) is 7.64. The van der Waals surface area contributed by atoms with Gasteiger partial charge >= 0.3 is 0 Å². The lowest BCUT2D eigenvalue weighted by atomic mass is 9.97. The van der Waals surface area contributed by atoms with Crippen LogP contribution in [0.25, 0.3) is 11.4 Å². The van der Waals surface area contributed by atoms with Crippen LogP contribution in [0.1, 0.15) is 24.3 Å². The third-order valence-corrected chi connectivity index (χ3v) is 5.99. The average Bonchev–Trinajstić information content (AvgIpc) is 3.35. The van der Waals surface area contributed by atoms with E-state index in [0.29, 0.717) is 42.8 Å². The smallest absolute Gasteiger partial charge is 0.241 e. The molecule has 3 aromatic rings. The number of nitrogens with zero attached hydrogens (tertiary/aromatic N) is 3. The van der Waals surface area contributed by atoms with Gasteiger partial charge in [-0.1, -0.05) is 23.4 Å². The van der Waals surface area contributed by atoms with E-state index >= 15 is 0 Å². The number of hydrogen-bond donors (Lipinski definition) is 1. The molecule has 2 aromatic carbocycles. The van der Waals surface area contributed by atoms with Crippen molar-refractivity contribution in [1.82, 2.24) is 20.4 Å². The standard InChI is InChI=1S/C25H30N4O5/c1-31-20-9-5-4-7-18(20)14-26-25(30)19-8-6-12-29(15-19)16-23-27-24(28-34-23)17-10-11-21(32-2)22(13-17)33-3/h4-5,7,9-11,13,19H,6,8,12,14-16H2,1-3H3,(H,26,30)/t19-/m1/s1. The molecule has 1 aliphatic heterocycles. The summed E-state index contributed by atoms with van der Waals surface area (Å²) in [5.74, 6) is 2.97. The second-order valence-corrected chi connectivity index (χ2v) is 8.19. The number of methoxy groups -OCH3 is 3. The molecular weight excluding hydrogens is 436 g/mol. The quantitative estimate of drug-likeness (QED) is 0.513. The van der Waals surface area contributed by atoms with Crippen molar-refractivity contribution in [3.05, 3.63) is 53.9 Å². The first-order chi connectivity index (χ1) is 16.6. The van der Waals surface area contributed by atoms with Crippen LogP contribution in [0.15, 0.2) is 47.0 Å². The van der Waals surface area contributed by atoms with E-state index in [2.05, 4.69) is 20.4 Å². The van der Waals surface area contributed by atoms with Crippen molar-refractivity contribution < 1.29 is 23.5 Å². The summed E-state index contributed by atoms with van der Waals surface area (Å²) in [5.41, 5.74) is 1.74. The first-order valence-electron chi connectivity index (χ1n) is 11.3. The highest BCUT2D eigenvalue weighted by Gasteiger charge is 2.27. The topological polar surface area (TPSA) is 99.0 Å². The second-order valence-electron chi connectivity index (χ2n) is 8.19. The van der Waals surface area contributed by atoms with Gasteiger partial charge in [0.25, 0.3) is 0 Å². The average molecular weight is 467 g/mol. The predicted molar refractivity (Wildman–Crippen MR) is 126 cm³/mol. The maximum atomic E-state index is 12.8. The fraction of sp³-hybridized carbons (Fsp3) is 0.400. The van der Waals surface area contributed by atoms with Crippen molar-refractivity contribution in [3.8, 4) is 28.6 Å². The molecule has 34 heavy (non-hydrogen) atoms. The van der Waals surface area contributed by atoms with E-state index in [1.807, 2.05) is 42.5 Å². The van der Waals surface area contributed by atoms with Gasteiger partial charge in [0, 0.05) is 24.2 Å². The summed E-state index contributed by atoms with van der Waals surface area (Å²) in [6.07, 6.45) is 1.79. The molecule has 1 saturated heterocycles. The third kappa shape index (κ3) is 5.48. The van der Waals surface area contributed by atoms with Crippen molar-refractivity contribution in [2.75, 3.05) is 34.4 Å². The zero-order valence-electron chi connectivity index (χ0n) is 19.7. The Morgan fingerprint density at radius 2 is 1.88 bits per heavy atom. The van der Waals surface area contributed by atoms with Gasteiger partial charge in [0.05, 0.1) is 33.8 Å². The minimum absolute atomic E-state index is 0.0483. The number of rotatable bonds is 9. The fourth-order valence-electron chi connectivity index (χ4n) is 4.19. The van der Waals surface area contributed by atoms with Gasteiger partial charge in [-0.2, -0.15) is 4.98 Å². The first-order valence-corrected chi connectivity index (χ1v) is 11.3. The Hall–Kier alpha value is -3.59. The first kappa shape index (κ1) is 23.6. The number of carbonyl (C=O) groups is 1. The molecule has 0 radical (unpaired) electrons. The van der Waals surface area contributed by atoms with Gasteiger partial charge in [-0.25, -0.2) is 0 Å². The van der Waals surface area contributed by atoms with E-state index in [1.165, 1.54) is 0 Å². The number of para-hydroxylation sites is 1. The molecule has 180 valence electrons. The maximum Gasteiger partial charge on any atom is 0.241 e. The van der Waals surface area contributed by atoms with Crippen molar-refractivity contribution in [1.29, 1.82) is 0 Å². The van der Waals surface area contributed by atoms with Crippen LogP contribution in [0.4, 0.5) is 0 Å². The van der Waals surface area contributed by atoms with E-state index in [1.54, 1.807) is 21.3 Å². The molecule has 1 atom stereocenters. The minimum atomic E-state index is -0.0864. The zero-order valence-corrected chi connectivity index (χ0v) is 19.7. The lowest BCUT2D eigenvalue weighted by Crippen LogP contribution is -2.42. The Balaban J connectivity index is 1.34. The van der Waals surface area contributed by atoms with Crippen LogP contribution in [-0.4, -0.2) is 55.4 Å². The number of benzene rings is 2. The number of hydrogen-bond acceptors (Lipinski definition) is 8. The Morgan fingerprint density at radius 3 is 2.68 bits per heavy atom. The molecule has 0 aliphatic carbocycles. The monoisotopic (exact) mass is 466 g/mol.